The lowest BCUT2D eigenvalue weighted by Crippen LogP contribution is -2.29. The Morgan fingerprint density at radius 3 is 2.52 bits per heavy atom. The highest BCUT2D eigenvalue weighted by atomic mass is 16.1. The van der Waals surface area contributed by atoms with Gasteiger partial charge in [-0.3, -0.25) is 14.7 Å². The van der Waals surface area contributed by atoms with Crippen molar-refractivity contribution < 1.29 is 4.79 Å². The molecular weight excluding hydrogens is 260 g/mol. The normalized spacial score (nSPS) is 10.9. The number of aryl methyl sites for hydroxylation is 2. The Bertz CT molecular complexity index is 608. The van der Waals surface area contributed by atoms with Crippen LogP contribution in [0.5, 0.6) is 0 Å². The number of carbonyl (C=O) groups is 1. The molecule has 0 atom stereocenters. The Labute approximate surface area is 126 Å². The van der Waals surface area contributed by atoms with Gasteiger partial charge in [-0.1, -0.05) is 24.6 Å². The number of aromatic nitrogens is 1. The predicted molar refractivity (Wildman–Crippen MR) is 85.4 cm³/mol. The first kappa shape index (κ1) is 15.4. The van der Waals surface area contributed by atoms with Gasteiger partial charge in [0.1, 0.15) is 0 Å². The minimum absolute atomic E-state index is 0.187. The minimum Gasteiger partial charge on any atom is -0.293 e. The van der Waals surface area contributed by atoms with Gasteiger partial charge in [0.25, 0.3) is 0 Å². The van der Waals surface area contributed by atoms with E-state index in [9.17, 15) is 4.79 Å². The fourth-order valence-electron chi connectivity index (χ4n) is 2.35. The van der Waals surface area contributed by atoms with E-state index in [1.54, 1.807) is 12.4 Å². The summed E-state index contributed by atoms with van der Waals surface area (Å²) >= 11 is 0. The van der Waals surface area contributed by atoms with Crippen molar-refractivity contribution in [2.24, 2.45) is 0 Å². The highest BCUT2D eigenvalue weighted by Gasteiger charge is 2.14. The number of ketones is 1. The average Bonchev–Trinajstić information content (AvgIpc) is 2.50. The van der Waals surface area contributed by atoms with Crippen LogP contribution in [-0.4, -0.2) is 28.8 Å². The minimum atomic E-state index is 0.187. The van der Waals surface area contributed by atoms with Gasteiger partial charge in [0.15, 0.2) is 5.78 Å². The van der Waals surface area contributed by atoms with Crippen LogP contribution in [0.4, 0.5) is 0 Å². The van der Waals surface area contributed by atoms with E-state index in [-0.39, 0.29) is 5.78 Å². The number of hydrogen-bond acceptors (Lipinski definition) is 3. The van der Waals surface area contributed by atoms with Gasteiger partial charge in [0.05, 0.1) is 6.54 Å². The molecule has 3 heteroatoms. The van der Waals surface area contributed by atoms with Crippen molar-refractivity contribution in [1.82, 2.24) is 9.88 Å². The van der Waals surface area contributed by atoms with Crippen LogP contribution in [0.2, 0.25) is 0 Å². The maximum atomic E-state index is 12.5. The van der Waals surface area contributed by atoms with Crippen LogP contribution in [0.3, 0.4) is 0 Å². The highest BCUT2D eigenvalue weighted by molar-refractivity contribution is 5.99. The zero-order valence-electron chi connectivity index (χ0n) is 13.0. The van der Waals surface area contributed by atoms with Gasteiger partial charge in [0.2, 0.25) is 0 Å². The first-order valence-electron chi connectivity index (χ1n) is 7.32. The lowest BCUT2D eigenvalue weighted by atomic mass is 10.0. The van der Waals surface area contributed by atoms with Gasteiger partial charge in [-0.2, -0.15) is 0 Å². The number of likely N-dealkylation sites (N-methyl/N-ethyl adjacent to an activating group) is 1. The van der Waals surface area contributed by atoms with Crippen molar-refractivity contribution in [2.75, 3.05) is 13.1 Å². The first-order valence-corrected chi connectivity index (χ1v) is 7.32. The van der Waals surface area contributed by atoms with Crippen LogP contribution in [-0.2, 0) is 6.54 Å². The van der Waals surface area contributed by atoms with E-state index in [0.717, 1.165) is 29.8 Å². The average molecular weight is 282 g/mol. The third kappa shape index (κ3) is 4.23. The molecule has 0 saturated heterocycles. The standard InChI is InChI=1S/C18H22N2O/c1-4-20(12-16-7-9-19-10-8-16)13-18(21)17-11-14(2)5-6-15(17)3/h5-11H,4,12-13H2,1-3H3. The first-order chi connectivity index (χ1) is 10.1. The molecule has 0 radical (unpaired) electrons. The predicted octanol–water partition coefficient (Wildman–Crippen LogP) is 3.40. The van der Waals surface area contributed by atoms with E-state index in [4.69, 9.17) is 0 Å². The summed E-state index contributed by atoms with van der Waals surface area (Å²) in [5.74, 6) is 0.187. The molecule has 1 heterocycles. The van der Waals surface area contributed by atoms with Crippen molar-refractivity contribution in [3.05, 3.63) is 65.0 Å². The van der Waals surface area contributed by atoms with Crippen LogP contribution in [0.15, 0.2) is 42.7 Å². The molecule has 0 saturated carbocycles. The summed E-state index contributed by atoms with van der Waals surface area (Å²) in [6, 6.07) is 10.0. The third-order valence-corrected chi connectivity index (χ3v) is 3.66. The molecular formula is C18H22N2O. The molecule has 0 aliphatic heterocycles. The SMILES string of the molecule is CCN(CC(=O)c1cc(C)ccc1C)Cc1ccncc1. The Balaban J connectivity index is 2.07. The molecule has 2 rings (SSSR count). The summed E-state index contributed by atoms with van der Waals surface area (Å²) in [7, 11) is 0. The Morgan fingerprint density at radius 2 is 1.86 bits per heavy atom. The van der Waals surface area contributed by atoms with E-state index in [0.29, 0.717) is 6.54 Å². The van der Waals surface area contributed by atoms with Crippen molar-refractivity contribution in [3.63, 3.8) is 0 Å². The number of rotatable bonds is 6. The molecule has 1 aromatic carbocycles. The monoisotopic (exact) mass is 282 g/mol. The number of Topliss-reactive ketones (excluding diaryl/α,β-unsaturated/α-hetero) is 1. The van der Waals surface area contributed by atoms with Crippen molar-refractivity contribution in [1.29, 1.82) is 0 Å². The topological polar surface area (TPSA) is 33.2 Å². The molecule has 1 aromatic heterocycles. The van der Waals surface area contributed by atoms with E-state index in [1.807, 2.05) is 44.2 Å². The van der Waals surface area contributed by atoms with E-state index >= 15 is 0 Å². The zero-order chi connectivity index (χ0) is 15.2. The summed E-state index contributed by atoms with van der Waals surface area (Å²) in [6.07, 6.45) is 3.57. The van der Waals surface area contributed by atoms with Crippen molar-refractivity contribution >= 4 is 5.78 Å². The molecule has 0 fully saturated rings. The summed E-state index contributed by atoms with van der Waals surface area (Å²) in [4.78, 5) is 18.7. The van der Waals surface area contributed by atoms with Gasteiger partial charge in [-0.05, 0) is 49.7 Å². The van der Waals surface area contributed by atoms with Crippen LogP contribution in [0.1, 0.15) is 34.0 Å². The van der Waals surface area contributed by atoms with E-state index in [1.165, 1.54) is 5.56 Å². The molecule has 0 aliphatic rings. The van der Waals surface area contributed by atoms with Crippen molar-refractivity contribution in [2.45, 2.75) is 27.3 Å². The number of benzene rings is 1. The summed E-state index contributed by atoms with van der Waals surface area (Å²) < 4.78 is 0. The fourth-order valence-corrected chi connectivity index (χ4v) is 2.35. The van der Waals surface area contributed by atoms with Gasteiger partial charge < -0.3 is 0 Å². The zero-order valence-corrected chi connectivity index (χ0v) is 13.0. The molecule has 0 aliphatic carbocycles. The largest absolute Gasteiger partial charge is 0.293 e. The molecule has 3 nitrogen and oxygen atoms in total. The number of nitrogens with zero attached hydrogens (tertiary/aromatic N) is 2. The fraction of sp³-hybridized carbons (Fsp3) is 0.333. The van der Waals surface area contributed by atoms with Gasteiger partial charge in [0, 0.05) is 24.5 Å². The quantitative estimate of drug-likeness (QED) is 0.761. The molecule has 0 bridgehead atoms. The van der Waals surface area contributed by atoms with Crippen LogP contribution >= 0.6 is 0 Å². The second-order valence-electron chi connectivity index (χ2n) is 5.40. The molecule has 2 aromatic rings. The number of pyridine rings is 1. The Kier molecular flexibility index (Phi) is 5.23. The smallest absolute Gasteiger partial charge is 0.177 e. The lowest BCUT2D eigenvalue weighted by molar-refractivity contribution is 0.0929. The third-order valence-electron chi connectivity index (χ3n) is 3.66. The van der Waals surface area contributed by atoms with E-state index in [2.05, 4.69) is 16.8 Å². The number of hydrogen-bond donors (Lipinski definition) is 0. The highest BCUT2D eigenvalue weighted by Crippen LogP contribution is 2.13. The summed E-state index contributed by atoms with van der Waals surface area (Å²) in [5, 5.41) is 0. The molecule has 110 valence electrons. The lowest BCUT2D eigenvalue weighted by Gasteiger charge is -2.20. The van der Waals surface area contributed by atoms with E-state index < -0.39 is 0 Å². The second kappa shape index (κ2) is 7.14. The molecule has 0 amide bonds. The van der Waals surface area contributed by atoms with Gasteiger partial charge >= 0.3 is 0 Å². The van der Waals surface area contributed by atoms with Crippen LogP contribution in [0, 0.1) is 13.8 Å². The van der Waals surface area contributed by atoms with Gasteiger partial charge in [-0.15, -0.1) is 0 Å². The summed E-state index contributed by atoms with van der Waals surface area (Å²) in [6.45, 7) is 8.16. The Hall–Kier alpha value is -2.00. The molecule has 0 spiro atoms. The van der Waals surface area contributed by atoms with Crippen molar-refractivity contribution in [3.8, 4) is 0 Å². The number of carbonyl (C=O) groups excluding carboxylic acids is 1. The van der Waals surface area contributed by atoms with Crippen LogP contribution in [0.25, 0.3) is 0 Å². The van der Waals surface area contributed by atoms with Gasteiger partial charge in [-0.25, -0.2) is 0 Å². The van der Waals surface area contributed by atoms with Crippen LogP contribution < -0.4 is 0 Å². The second-order valence-corrected chi connectivity index (χ2v) is 5.40. The summed E-state index contributed by atoms with van der Waals surface area (Å²) in [5.41, 5.74) is 4.19. The Morgan fingerprint density at radius 1 is 1.14 bits per heavy atom. The molecule has 21 heavy (non-hydrogen) atoms. The molecule has 0 unspecified atom stereocenters. The maximum Gasteiger partial charge on any atom is 0.177 e. The molecule has 0 N–H and O–H groups in total. The maximum absolute atomic E-state index is 12.5.